The predicted molar refractivity (Wildman–Crippen MR) is 103 cm³/mol. The van der Waals surface area contributed by atoms with Crippen LogP contribution < -0.4 is 4.90 Å². The van der Waals surface area contributed by atoms with Gasteiger partial charge >= 0.3 is 0 Å². The Labute approximate surface area is 159 Å². The number of anilines is 1. The summed E-state index contributed by atoms with van der Waals surface area (Å²) in [6.07, 6.45) is 3.82. The fourth-order valence-corrected chi connectivity index (χ4v) is 3.15. The molecule has 2 amide bonds. The standard InChI is InChI=1S/C20H25N5O2/c1-17(26)25(16-18-6-2-4-9-21-18)11-8-20(27)24-14-12-23(13-15-24)19-7-3-5-10-22-19/h2-7,9-10H,8,11-16H2,1H3. The summed E-state index contributed by atoms with van der Waals surface area (Å²) < 4.78 is 0. The Morgan fingerprint density at radius 3 is 2.30 bits per heavy atom. The van der Waals surface area contributed by atoms with E-state index in [0.717, 1.165) is 24.6 Å². The number of nitrogens with zero attached hydrogens (tertiary/aromatic N) is 5. The highest BCUT2D eigenvalue weighted by molar-refractivity contribution is 5.78. The van der Waals surface area contributed by atoms with E-state index in [9.17, 15) is 9.59 Å². The van der Waals surface area contributed by atoms with Gasteiger partial charge in [0, 0.05) is 58.5 Å². The molecule has 1 fully saturated rings. The van der Waals surface area contributed by atoms with Crippen LogP contribution in [0.3, 0.4) is 0 Å². The predicted octanol–water partition coefficient (Wildman–Crippen LogP) is 1.56. The molecule has 0 N–H and O–H groups in total. The van der Waals surface area contributed by atoms with E-state index in [-0.39, 0.29) is 11.8 Å². The maximum Gasteiger partial charge on any atom is 0.224 e. The van der Waals surface area contributed by atoms with E-state index in [0.29, 0.717) is 32.6 Å². The van der Waals surface area contributed by atoms with Gasteiger partial charge < -0.3 is 14.7 Å². The Balaban J connectivity index is 1.48. The van der Waals surface area contributed by atoms with Gasteiger partial charge in [0.15, 0.2) is 0 Å². The second-order valence-electron chi connectivity index (χ2n) is 6.57. The molecular weight excluding hydrogens is 342 g/mol. The molecule has 0 aliphatic carbocycles. The van der Waals surface area contributed by atoms with Crippen molar-refractivity contribution in [3.8, 4) is 0 Å². The lowest BCUT2D eigenvalue weighted by Gasteiger charge is -2.35. The first-order valence-corrected chi connectivity index (χ1v) is 9.22. The number of carbonyl (C=O) groups is 2. The van der Waals surface area contributed by atoms with Gasteiger partial charge in [0.05, 0.1) is 12.2 Å². The van der Waals surface area contributed by atoms with Gasteiger partial charge in [-0.05, 0) is 24.3 Å². The Morgan fingerprint density at radius 1 is 1.00 bits per heavy atom. The third kappa shape index (κ3) is 5.26. The highest BCUT2D eigenvalue weighted by Gasteiger charge is 2.22. The van der Waals surface area contributed by atoms with Gasteiger partial charge in [-0.2, -0.15) is 0 Å². The van der Waals surface area contributed by atoms with Crippen molar-refractivity contribution in [3.63, 3.8) is 0 Å². The average Bonchev–Trinajstić information content (AvgIpc) is 2.72. The molecule has 2 aromatic heterocycles. The van der Waals surface area contributed by atoms with Crippen LogP contribution in [0.2, 0.25) is 0 Å². The van der Waals surface area contributed by atoms with E-state index in [1.807, 2.05) is 41.3 Å². The molecule has 0 radical (unpaired) electrons. The second-order valence-corrected chi connectivity index (χ2v) is 6.57. The highest BCUT2D eigenvalue weighted by Crippen LogP contribution is 2.13. The number of pyridine rings is 2. The van der Waals surface area contributed by atoms with Crippen LogP contribution >= 0.6 is 0 Å². The molecule has 3 heterocycles. The molecule has 1 saturated heterocycles. The summed E-state index contributed by atoms with van der Waals surface area (Å²) in [4.78, 5) is 38.8. The van der Waals surface area contributed by atoms with Crippen LogP contribution in [0.15, 0.2) is 48.8 Å². The van der Waals surface area contributed by atoms with Gasteiger partial charge in [-0.15, -0.1) is 0 Å². The minimum Gasteiger partial charge on any atom is -0.353 e. The van der Waals surface area contributed by atoms with E-state index in [1.54, 1.807) is 17.3 Å². The molecule has 3 rings (SSSR count). The SMILES string of the molecule is CC(=O)N(CCC(=O)N1CCN(c2ccccn2)CC1)Cc1ccccn1. The lowest BCUT2D eigenvalue weighted by atomic mass is 10.2. The number of carbonyl (C=O) groups excluding carboxylic acids is 2. The first kappa shape index (κ1) is 18.8. The first-order valence-electron chi connectivity index (χ1n) is 9.22. The van der Waals surface area contributed by atoms with Crippen LogP contribution in [-0.2, 0) is 16.1 Å². The summed E-state index contributed by atoms with van der Waals surface area (Å²) in [6.45, 7) is 5.26. The van der Waals surface area contributed by atoms with Crippen molar-refractivity contribution in [1.82, 2.24) is 19.8 Å². The zero-order valence-corrected chi connectivity index (χ0v) is 15.6. The molecule has 0 saturated carbocycles. The molecule has 27 heavy (non-hydrogen) atoms. The Hall–Kier alpha value is -2.96. The fraction of sp³-hybridized carbons (Fsp3) is 0.400. The first-order chi connectivity index (χ1) is 13.1. The lowest BCUT2D eigenvalue weighted by molar-refractivity contribution is -0.134. The number of hydrogen-bond acceptors (Lipinski definition) is 5. The molecule has 0 aromatic carbocycles. The molecule has 1 aliphatic rings. The monoisotopic (exact) mass is 367 g/mol. The third-order valence-corrected chi connectivity index (χ3v) is 4.73. The molecule has 0 bridgehead atoms. The van der Waals surface area contributed by atoms with Crippen LogP contribution in [0.1, 0.15) is 19.0 Å². The molecule has 0 unspecified atom stereocenters. The van der Waals surface area contributed by atoms with E-state index in [1.165, 1.54) is 6.92 Å². The van der Waals surface area contributed by atoms with Crippen LogP contribution in [0.25, 0.3) is 0 Å². The number of aromatic nitrogens is 2. The third-order valence-electron chi connectivity index (χ3n) is 4.73. The lowest BCUT2D eigenvalue weighted by Crippen LogP contribution is -2.49. The number of rotatable bonds is 6. The van der Waals surface area contributed by atoms with E-state index in [2.05, 4.69) is 14.9 Å². The average molecular weight is 367 g/mol. The normalized spacial score (nSPS) is 14.1. The maximum absolute atomic E-state index is 12.6. The molecule has 7 heteroatoms. The molecule has 1 aliphatic heterocycles. The molecule has 7 nitrogen and oxygen atoms in total. The van der Waals surface area contributed by atoms with Crippen molar-refractivity contribution in [1.29, 1.82) is 0 Å². The van der Waals surface area contributed by atoms with Crippen molar-refractivity contribution >= 4 is 17.6 Å². The van der Waals surface area contributed by atoms with E-state index < -0.39 is 0 Å². The zero-order valence-electron chi connectivity index (χ0n) is 15.6. The smallest absolute Gasteiger partial charge is 0.224 e. The van der Waals surface area contributed by atoms with Crippen molar-refractivity contribution in [2.45, 2.75) is 19.9 Å². The van der Waals surface area contributed by atoms with E-state index >= 15 is 0 Å². The second kappa shape index (κ2) is 9.12. The van der Waals surface area contributed by atoms with Crippen LogP contribution in [0, 0.1) is 0 Å². The van der Waals surface area contributed by atoms with Gasteiger partial charge in [-0.25, -0.2) is 4.98 Å². The Kier molecular flexibility index (Phi) is 6.35. The minimum absolute atomic E-state index is 0.0478. The molecule has 0 atom stereocenters. The van der Waals surface area contributed by atoms with Gasteiger partial charge in [-0.3, -0.25) is 14.6 Å². The fourth-order valence-electron chi connectivity index (χ4n) is 3.15. The van der Waals surface area contributed by atoms with Crippen LogP contribution in [0.4, 0.5) is 5.82 Å². The molecule has 2 aromatic rings. The molecule has 0 spiro atoms. The summed E-state index contributed by atoms with van der Waals surface area (Å²) in [6, 6.07) is 11.5. The highest BCUT2D eigenvalue weighted by atomic mass is 16.2. The summed E-state index contributed by atoms with van der Waals surface area (Å²) in [5, 5.41) is 0. The van der Waals surface area contributed by atoms with Crippen molar-refractivity contribution in [2.24, 2.45) is 0 Å². The molecule has 142 valence electrons. The maximum atomic E-state index is 12.6. The summed E-state index contributed by atoms with van der Waals surface area (Å²) in [5.41, 5.74) is 0.823. The summed E-state index contributed by atoms with van der Waals surface area (Å²) >= 11 is 0. The van der Waals surface area contributed by atoms with E-state index in [4.69, 9.17) is 0 Å². The van der Waals surface area contributed by atoms with Gasteiger partial charge in [0.2, 0.25) is 11.8 Å². The number of hydrogen-bond donors (Lipinski definition) is 0. The van der Waals surface area contributed by atoms with Crippen molar-refractivity contribution in [2.75, 3.05) is 37.6 Å². The summed E-state index contributed by atoms with van der Waals surface area (Å²) in [5.74, 6) is 0.985. The van der Waals surface area contributed by atoms with Crippen LogP contribution in [-0.4, -0.2) is 64.3 Å². The van der Waals surface area contributed by atoms with Gasteiger partial charge in [0.25, 0.3) is 0 Å². The van der Waals surface area contributed by atoms with Gasteiger partial charge in [-0.1, -0.05) is 12.1 Å². The topological polar surface area (TPSA) is 69.6 Å². The number of amides is 2. The Bertz CT molecular complexity index is 745. The summed E-state index contributed by atoms with van der Waals surface area (Å²) in [7, 11) is 0. The zero-order chi connectivity index (χ0) is 19.1. The number of piperazine rings is 1. The van der Waals surface area contributed by atoms with Gasteiger partial charge in [0.1, 0.15) is 5.82 Å². The Morgan fingerprint density at radius 2 is 1.70 bits per heavy atom. The quantitative estimate of drug-likeness (QED) is 0.775. The molecular formula is C20H25N5O2. The van der Waals surface area contributed by atoms with Crippen molar-refractivity contribution < 1.29 is 9.59 Å². The van der Waals surface area contributed by atoms with Crippen molar-refractivity contribution in [3.05, 3.63) is 54.5 Å². The largest absolute Gasteiger partial charge is 0.353 e. The minimum atomic E-state index is -0.0478. The van der Waals surface area contributed by atoms with Crippen LogP contribution in [0.5, 0.6) is 0 Å².